The fourth-order valence-electron chi connectivity index (χ4n) is 4.53. The summed E-state index contributed by atoms with van der Waals surface area (Å²) in [6.45, 7) is 2.18. The lowest BCUT2D eigenvalue weighted by atomic mass is 9.44. The number of ether oxygens (including phenoxy) is 2. The summed E-state index contributed by atoms with van der Waals surface area (Å²) < 4.78 is 24.2. The molecule has 5 rings (SSSR count). The SMILES string of the molecule is CCC1OCNC1C(=O)NC12CC(NC(=O)COc3ccc(Cl)c(F)c3)(C1)C2. The normalized spacial score (nSPS) is 32.8. The Balaban J connectivity index is 1.21. The zero-order chi connectivity index (χ0) is 19.9. The van der Waals surface area contributed by atoms with E-state index in [2.05, 4.69) is 16.0 Å². The minimum atomic E-state index is -0.593. The Morgan fingerprint density at radius 1 is 1.32 bits per heavy atom. The van der Waals surface area contributed by atoms with Gasteiger partial charge in [0.25, 0.3) is 5.91 Å². The lowest BCUT2D eigenvalue weighted by Crippen LogP contribution is -2.84. The average molecular weight is 412 g/mol. The number of hydrogen-bond acceptors (Lipinski definition) is 5. The molecule has 7 nitrogen and oxygen atoms in total. The van der Waals surface area contributed by atoms with Gasteiger partial charge in [0.2, 0.25) is 5.91 Å². The van der Waals surface area contributed by atoms with Crippen molar-refractivity contribution in [2.45, 2.75) is 55.8 Å². The molecule has 1 aromatic rings. The minimum Gasteiger partial charge on any atom is -0.484 e. The molecule has 2 unspecified atom stereocenters. The number of benzene rings is 1. The summed E-state index contributed by atoms with van der Waals surface area (Å²) in [4.78, 5) is 24.6. The lowest BCUT2D eigenvalue weighted by Gasteiger charge is -2.70. The summed E-state index contributed by atoms with van der Waals surface area (Å²) in [5.74, 6) is -0.664. The van der Waals surface area contributed by atoms with Crippen molar-refractivity contribution in [1.29, 1.82) is 0 Å². The first-order chi connectivity index (χ1) is 13.3. The van der Waals surface area contributed by atoms with E-state index in [9.17, 15) is 14.0 Å². The molecule has 0 spiro atoms. The summed E-state index contributed by atoms with van der Waals surface area (Å²) in [5, 5.41) is 9.16. The molecule has 1 heterocycles. The number of halogens is 2. The highest BCUT2D eigenvalue weighted by atomic mass is 35.5. The predicted octanol–water partition coefficient (Wildman–Crippen LogP) is 1.49. The van der Waals surface area contributed by atoms with E-state index >= 15 is 0 Å². The zero-order valence-electron chi connectivity index (χ0n) is 15.5. The van der Waals surface area contributed by atoms with E-state index in [1.165, 1.54) is 12.1 Å². The van der Waals surface area contributed by atoms with Crippen LogP contribution in [0.15, 0.2) is 18.2 Å². The van der Waals surface area contributed by atoms with Gasteiger partial charge in [-0.15, -0.1) is 0 Å². The molecule has 28 heavy (non-hydrogen) atoms. The van der Waals surface area contributed by atoms with Crippen LogP contribution in [0.1, 0.15) is 32.6 Å². The van der Waals surface area contributed by atoms with Crippen LogP contribution in [0, 0.1) is 5.82 Å². The fourth-order valence-corrected chi connectivity index (χ4v) is 4.64. The maximum absolute atomic E-state index is 13.4. The van der Waals surface area contributed by atoms with Crippen molar-refractivity contribution in [3.05, 3.63) is 29.0 Å². The molecule has 9 heteroatoms. The van der Waals surface area contributed by atoms with Crippen molar-refractivity contribution < 1.29 is 23.5 Å². The molecule has 0 radical (unpaired) electrons. The van der Waals surface area contributed by atoms with Gasteiger partial charge in [-0.1, -0.05) is 18.5 Å². The third kappa shape index (κ3) is 3.56. The first kappa shape index (κ1) is 19.4. The largest absolute Gasteiger partial charge is 0.484 e. The standard InChI is InChI=1S/C19H23ClFN3O4/c1-2-14-16(22-10-28-14)17(26)24-19-7-18(8-19,9-19)23-15(25)6-27-11-3-4-12(20)13(21)5-11/h3-5,14,16,22H,2,6-10H2,1H3,(H,23,25)(H,24,26). The summed E-state index contributed by atoms with van der Waals surface area (Å²) in [7, 11) is 0. The zero-order valence-corrected chi connectivity index (χ0v) is 16.3. The Morgan fingerprint density at radius 3 is 2.71 bits per heavy atom. The molecule has 3 saturated carbocycles. The van der Waals surface area contributed by atoms with E-state index in [1.807, 2.05) is 6.92 Å². The maximum Gasteiger partial charge on any atom is 0.258 e. The molecule has 2 bridgehead atoms. The number of amides is 2. The predicted molar refractivity (Wildman–Crippen MR) is 99.5 cm³/mol. The maximum atomic E-state index is 13.4. The van der Waals surface area contributed by atoms with Gasteiger partial charge in [0, 0.05) is 17.1 Å². The van der Waals surface area contributed by atoms with Crippen molar-refractivity contribution in [1.82, 2.24) is 16.0 Å². The van der Waals surface area contributed by atoms with E-state index in [0.717, 1.165) is 12.5 Å². The van der Waals surface area contributed by atoms with Crippen molar-refractivity contribution >= 4 is 23.4 Å². The average Bonchev–Trinajstić information content (AvgIpc) is 3.08. The van der Waals surface area contributed by atoms with Crippen LogP contribution >= 0.6 is 11.6 Å². The Kier molecular flexibility index (Phi) is 4.97. The summed E-state index contributed by atoms with van der Waals surface area (Å²) >= 11 is 5.62. The molecule has 3 N–H and O–H groups in total. The van der Waals surface area contributed by atoms with E-state index < -0.39 is 5.82 Å². The number of nitrogens with one attached hydrogen (secondary N) is 3. The van der Waals surface area contributed by atoms with Gasteiger partial charge >= 0.3 is 0 Å². The molecular weight excluding hydrogens is 389 g/mol. The molecule has 1 saturated heterocycles. The smallest absolute Gasteiger partial charge is 0.258 e. The molecule has 152 valence electrons. The molecular formula is C19H23ClFN3O4. The first-order valence-corrected chi connectivity index (χ1v) is 9.77. The van der Waals surface area contributed by atoms with Crippen molar-refractivity contribution in [3.8, 4) is 5.75 Å². The van der Waals surface area contributed by atoms with Gasteiger partial charge in [-0.3, -0.25) is 14.9 Å². The molecule has 4 aliphatic rings. The molecule has 1 aromatic carbocycles. The van der Waals surface area contributed by atoms with Gasteiger partial charge in [0.05, 0.1) is 17.9 Å². The van der Waals surface area contributed by atoms with Crippen molar-refractivity contribution in [3.63, 3.8) is 0 Å². The van der Waals surface area contributed by atoms with E-state index in [-0.39, 0.29) is 52.4 Å². The Bertz CT molecular complexity index is 786. The van der Waals surface area contributed by atoms with Gasteiger partial charge in [-0.05, 0) is 37.8 Å². The number of hydrogen-bond donors (Lipinski definition) is 3. The molecule has 0 aromatic heterocycles. The van der Waals surface area contributed by atoms with Gasteiger partial charge in [0.1, 0.15) is 17.6 Å². The van der Waals surface area contributed by atoms with E-state index in [1.54, 1.807) is 0 Å². The monoisotopic (exact) mass is 411 g/mol. The van der Waals surface area contributed by atoms with Crippen molar-refractivity contribution in [2.24, 2.45) is 0 Å². The fraction of sp³-hybridized carbons (Fsp3) is 0.579. The number of carbonyl (C=O) groups excluding carboxylic acids is 2. The summed E-state index contributed by atoms with van der Waals surface area (Å²) in [6, 6.07) is 3.71. The van der Waals surface area contributed by atoms with Crippen LogP contribution in [-0.2, 0) is 14.3 Å². The van der Waals surface area contributed by atoms with Crippen LogP contribution in [0.5, 0.6) is 5.75 Å². The topological polar surface area (TPSA) is 88.7 Å². The lowest BCUT2D eigenvalue weighted by molar-refractivity contribution is -0.151. The van der Waals surface area contributed by atoms with Gasteiger partial charge < -0.3 is 20.1 Å². The highest BCUT2D eigenvalue weighted by Crippen LogP contribution is 2.60. The van der Waals surface area contributed by atoms with Crippen LogP contribution < -0.4 is 20.7 Å². The summed E-state index contributed by atoms with van der Waals surface area (Å²) in [5.41, 5.74) is -0.504. The summed E-state index contributed by atoms with van der Waals surface area (Å²) in [6.07, 6.45) is 2.79. The van der Waals surface area contributed by atoms with Crippen LogP contribution in [0.25, 0.3) is 0 Å². The third-order valence-electron chi connectivity index (χ3n) is 5.74. The third-order valence-corrected chi connectivity index (χ3v) is 6.05. The number of rotatable bonds is 7. The Hall–Kier alpha value is -1.90. The van der Waals surface area contributed by atoms with E-state index in [4.69, 9.17) is 21.1 Å². The minimum absolute atomic E-state index is 0.00244. The Labute approximate surface area is 167 Å². The Morgan fingerprint density at radius 2 is 2.04 bits per heavy atom. The van der Waals surface area contributed by atoms with Crippen LogP contribution in [0.2, 0.25) is 5.02 Å². The van der Waals surface area contributed by atoms with Gasteiger partial charge in [0.15, 0.2) is 6.61 Å². The van der Waals surface area contributed by atoms with E-state index in [0.29, 0.717) is 26.0 Å². The molecule has 4 fully saturated rings. The molecule has 2 amide bonds. The van der Waals surface area contributed by atoms with Gasteiger partial charge in [-0.25, -0.2) is 4.39 Å². The quantitative estimate of drug-likeness (QED) is 0.632. The van der Waals surface area contributed by atoms with Crippen LogP contribution in [0.4, 0.5) is 4.39 Å². The second-order valence-corrected chi connectivity index (χ2v) is 8.34. The first-order valence-electron chi connectivity index (χ1n) is 9.40. The highest BCUT2D eigenvalue weighted by molar-refractivity contribution is 6.30. The van der Waals surface area contributed by atoms with Gasteiger partial charge in [-0.2, -0.15) is 0 Å². The highest BCUT2D eigenvalue weighted by Gasteiger charge is 2.69. The number of carbonyl (C=O) groups is 2. The second kappa shape index (κ2) is 7.17. The molecule has 2 atom stereocenters. The van der Waals surface area contributed by atoms with Crippen LogP contribution in [-0.4, -0.2) is 48.4 Å². The van der Waals surface area contributed by atoms with Crippen molar-refractivity contribution in [2.75, 3.05) is 13.3 Å². The second-order valence-electron chi connectivity index (χ2n) is 7.93. The molecule has 3 aliphatic carbocycles. The van der Waals surface area contributed by atoms with Crippen LogP contribution in [0.3, 0.4) is 0 Å². The molecule has 1 aliphatic heterocycles.